The van der Waals surface area contributed by atoms with E-state index in [9.17, 15) is 0 Å². The van der Waals surface area contributed by atoms with E-state index in [1.54, 1.807) is 6.08 Å². The quantitative estimate of drug-likeness (QED) is 0.410. The third-order valence-corrected chi connectivity index (χ3v) is 5.11. The zero-order valence-electron chi connectivity index (χ0n) is 17.5. The van der Waals surface area contributed by atoms with Crippen molar-refractivity contribution in [3.8, 4) is 11.3 Å². The molecule has 0 spiro atoms. The van der Waals surface area contributed by atoms with E-state index in [-0.39, 0.29) is 0 Å². The fraction of sp³-hybridized carbons (Fsp3) is 0.250. The van der Waals surface area contributed by atoms with Crippen LogP contribution >= 0.6 is 0 Å². The summed E-state index contributed by atoms with van der Waals surface area (Å²) >= 11 is 0. The number of allylic oxidation sites excluding steroid dienone is 4. The number of nitrogens with zero attached hydrogens (tertiary/aromatic N) is 2. The average molecular weight is 389 g/mol. The standard InChI is InChI=1S/C24H28N4O/c1-6-9-20(11-8-13-25-15-22-18(4)28-29-19(22)5)23-14-24(27-26-23)21-12-7-10-16(2)17(21)3/h6-12,14,25H,1,13,15H2,2-5H3,(H,26,27)/b11-8-,20-9+. The van der Waals surface area contributed by atoms with Gasteiger partial charge in [-0.2, -0.15) is 5.10 Å². The van der Waals surface area contributed by atoms with Gasteiger partial charge in [-0.15, -0.1) is 0 Å². The lowest BCUT2D eigenvalue weighted by molar-refractivity contribution is 0.392. The Hall–Kier alpha value is -3.18. The van der Waals surface area contributed by atoms with E-state index in [0.29, 0.717) is 0 Å². The molecule has 0 aliphatic rings. The second kappa shape index (κ2) is 9.34. The highest BCUT2D eigenvalue weighted by Gasteiger charge is 2.10. The Morgan fingerprint density at radius 1 is 1.24 bits per heavy atom. The molecule has 0 bridgehead atoms. The number of aromatic amines is 1. The largest absolute Gasteiger partial charge is 0.361 e. The van der Waals surface area contributed by atoms with Crippen molar-refractivity contribution in [2.75, 3.05) is 6.54 Å². The Labute approximate surface area is 172 Å². The normalized spacial score (nSPS) is 12.1. The van der Waals surface area contributed by atoms with Crippen LogP contribution in [0.5, 0.6) is 0 Å². The third kappa shape index (κ3) is 4.81. The van der Waals surface area contributed by atoms with Gasteiger partial charge >= 0.3 is 0 Å². The predicted molar refractivity (Wildman–Crippen MR) is 118 cm³/mol. The van der Waals surface area contributed by atoms with E-state index in [4.69, 9.17) is 4.52 Å². The Balaban J connectivity index is 1.68. The minimum Gasteiger partial charge on any atom is -0.361 e. The Kier molecular flexibility index (Phi) is 6.62. The maximum Gasteiger partial charge on any atom is 0.138 e. The number of benzene rings is 1. The number of aryl methyl sites for hydroxylation is 3. The van der Waals surface area contributed by atoms with E-state index in [2.05, 4.69) is 77.5 Å². The number of H-pyrrole nitrogens is 1. The molecule has 0 aliphatic heterocycles. The molecule has 29 heavy (non-hydrogen) atoms. The van der Waals surface area contributed by atoms with Crippen LogP contribution in [0.4, 0.5) is 0 Å². The van der Waals surface area contributed by atoms with Crippen molar-refractivity contribution in [2.45, 2.75) is 34.2 Å². The van der Waals surface area contributed by atoms with Crippen molar-refractivity contribution in [1.29, 1.82) is 0 Å². The van der Waals surface area contributed by atoms with Crippen LogP contribution in [0.3, 0.4) is 0 Å². The SMILES string of the molecule is C=C/C=C(\C=C/CNCc1c(C)noc1C)c1cc(-c2cccc(C)c2C)[nH]n1. The molecule has 0 saturated heterocycles. The topological polar surface area (TPSA) is 66.7 Å². The summed E-state index contributed by atoms with van der Waals surface area (Å²) in [4.78, 5) is 0. The van der Waals surface area contributed by atoms with Gasteiger partial charge < -0.3 is 9.84 Å². The van der Waals surface area contributed by atoms with E-state index < -0.39 is 0 Å². The molecule has 3 rings (SSSR count). The summed E-state index contributed by atoms with van der Waals surface area (Å²) in [5.41, 5.74) is 8.66. The number of aromatic nitrogens is 3. The van der Waals surface area contributed by atoms with Gasteiger partial charge in [0, 0.05) is 29.8 Å². The first-order chi connectivity index (χ1) is 14.0. The number of nitrogens with one attached hydrogen (secondary N) is 2. The van der Waals surface area contributed by atoms with E-state index in [1.165, 1.54) is 16.7 Å². The minimum absolute atomic E-state index is 0.727. The molecule has 0 radical (unpaired) electrons. The van der Waals surface area contributed by atoms with Crippen LogP contribution in [0.1, 0.15) is 33.8 Å². The highest BCUT2D eigenvalue weighted by atomic mass is 16.5. The van der Waals surface area contributed by atoms with E-state index >= 15 is 0 Å². The lowest BCUT2D eigenvalue weighted by atomic mass is 10.0. The van der Waals surface area contributed by atoms with Crippen LogP contribution in [-0.2, 0) is 6.54 Å². The van der Waals surface area contributed by atoms with Crippen molar-refractivity contribution >= 4 is 5.57 Å². The molecule has 0 atom stereocenters. The van der Waals surface area contributed by atoms with Crippen molar-refractivity contribution in [3.05, 3.63) is 89.0 Å². The first kappa shape index (κ1) is 20.6. The second-order valence-corrected chi connectivity index (χ2v) is 7.11. The summed E-state index contributed by atoms with van der Waals surface area (Å²) in [6.07, 6.45) is 7.89. The lowest BCUT2D eigenvalue weighted by Gasteiger charge is -2.05. The molecule has 2 N–H and O–H groups in total. The zero-order chi connectivity index (χ0) is 20.8. The van der Waals surface area contributed by atoms with E-state index in [0.717, 1.165) is 47.1 Å². The van der Waals surface area contributed by atoms with Crippen LogP contribution in [0.2, 0.25) is 0 Å². The Bertz CT molecular complexity index is 1030. The Morgan fingerprint density at radius 2 is 2.07 bits per heavy atom. The summed E-state index contributed by atoms with van der Waals surface area (Å²) in [6, 6.07) is 8.39. The maximum absolute atomic E-state index is 5.19. The van der Waals surface area contributed by atoms with Crippen molar-refractivity contribution in [1.82, 2.24) is 20.7 Å². The molecule has 5 nitrogen and oxygen atoms in total. The van der Waals surface area contributed by atoms with Gasteiger partial charge in [0.25, 0.3) is 0 Å². The van der Waals surface area contributed by atoms with Gasteiger partial charge in [-0.05, 0) is 44.9 Å². The molecule has 2 heterocycles. The maximum atomic E-state index is 5.19. The average Bonchev–Trinajstić information content (AvgIpc) is 3.31. The molecule has 0 amide bonds. The molecule has 3 aromatic rings. The summed E-state index contributed by atoms with van der Waals surface area (Å²) in [7, 11) is 0. The van der Waals surface area contributed by atoms with Gasteiger partial charge in [0.2, 0.25) is 0 Å². The molecule has 0 saturated carbocycles. The van der Waals surface area contributed by atoms with Crippen molar-refractivity contribution < 1.29 is 4.52 Å². The first-order valence-electron chi connectivity index (χ1n) is 9.75. The van der Waals surface area contributed by atoms with Crippen LogP contribution in [0.25, 0.3) is 16.8 Å². The fourth-order valence-electron chi connectivity index (χ4n) is 3.22. The molecule has 0 aliphatic carbocycles. The van der Waals surface area contributed by atoms with Crippen LogP contribution in [0, 0.1) is 27.7 Å². The summed E-state index contributed by atoms with van der Waals surface area (Å²) in [5.74, 6) is 0.863. The molecular weight excluding hydrogens is 360 g/mol. The molecular formula is C24H28N4O. The van der Waals surface area contributed by atoms with Gasteiger partial charge in [0.1, 0.15) is 5.76 Å². The molecule has 0 fully saturated rings. The van der Waals surface area contributed by atoms with E-state index in [1.807, 2.05) is 19.9 Å². The second-order valence-electron chi connectivity index (χ2n) is 7.11. The van der Waals surface area contributed by atoms with Gasteiger partial charge in [-0.3, -0.25) is 5.10 Å². The predicted octanol–water partition coefficient (Wildman–Crippen LogP) is 5.21. The smallest absolute Gasteiger partial charge is 0.138 e. The summed E-state index contributed by atoms with van der Waals surface area (Å²) in [6.45, 7) is 13.4. The highest BCUT2D eigenvalue weighted by molar-refractivity contribution is 5.76. The summed E-state index contributed by atoms with van der Waals surface area (Å²) < 4.78 is 5.19. The molecule has 0 unspecified atom stereocenters. The van der Waals surface area contributed by atoms with Crippen molar-refractivity contribution in [3.63, 3.8) is 0 Å². The zero-order valence-corrected chi connectivity index (χ0v) is 17.5. The van der Waals surface area contributed by atoms with Gasteiger partial charge in [0.05, 0.1) is 17.1 Å². The summed E-state index contributed by atoms with van der Waals surface area (Å²) in [5, 5.41) is 15.1. The van der Waals surface area contributed by atoms with Crippen molar-refractivity contribution in [2.24, 2.45) is 0 Å². The monoisotopic (exact) mass is 388 g/mol. The molecule has 150 valence electrons. The minimum atomic E-state index is 0.727. The fourth-order valence-corrected chi connectivity index (χ4v) is 3.22. The van der Waals surface area contributed by atoms with Gasteiger partial charge in [-0.25, -0.2) is 0 Å². The Morgan fingerprint density at radius 3 is 2.79 bits per heavy atom. The lowest BCUT2D eigenvalue weighted by Crippen LogP contribution is -2.13. The highest BCUT2D eigenvalue weighted by Crippen LogP contribution is 2.26. The van der Waals surface area contributed by atoms with Crippen LogP contribution in [-0.4, -0.2) is 21.9 Å². The molecule has 5 heteroatoms. The van der Waals surface area contributed by atoms with Gasteiger partial charge in [0.15, 0.2) is 0 Å². The molecule has 1 aromatic carbocycles. The number of hydrogen-bond acceptors (Lipinski definition) is 4. The molecule has 2 aromatic heterocycles. The number of hydrogen-bond donors (Lipinski definition) is 2. The first-order valence-corrected chi connectivity index (χ1v) is 9.75. The number of rotatable bonds is 8. The van der Waals surface area contributed by atoms with Crippen LogP contribution < -0.4 is 5.32 Å². The van der Waals surface area contributed by atoms with Gasteiger partial charge in [-0.1, -0.05) is 54.2 Å². The van der Waals surface area contributed by atoms with Crippen LogP contribution in [0.15, 0.2) is 59.7 Å². The third-order valence-electron chi connectivity index (χ3n) is 5.11.